The van der Waals surface area contributed by atoms with Crippen LogP contribution in [0.25, 0.3) is 11.0 Å². The molecule has 0 radical (unpaired) electrons. The molecule has 0 saturated heterocycles. The number of carboxylic acids is 1. The number of amides is 1. The number of aliphatic carboxylic acids is 1. The second-order valence-corrected chi connectivity index (χ2v) is 10.6. The van der Waals surface area contributed by atoms with Crippen LogP contribution in [0.3, 0.4) is 0 Å². The summed E-state index contributed by atoms with van der Waals surface area (Å²) in [6.45, 7) is 4.78. The summed E-state index contributed by atoms with van der Waals surface area (Å²) in [5.74, 6) is -0.00218. The second-order valence-electron chi connectivity index (χ2n) is 10.1. The molecule has 1 aromatic carbocycles. The summed E-state index contributed by atoms with van der Waals surface area (Å²) in [5.41, 5.74) is 3.86. The first-order valence-electron chi connectivity index (χ1n) is 12.6. The van der Waals surface area contributed by atoms with Gasteiger partial charge in [-0.1, -0.05) is 18.5 Å². The van der Waals surface area contributed by atoms with Crippen LogP contribution in [0, 0.1) is 5.92 Å². The molecule has 0 unspecified atom stereocenters. The number of halogens is 1. The fourth-order valence-electron chi connectivity index (χ4n) is 5.91. The third-order valence-corrected chi connectivity index (χ3v) is 7.96. The molecule has 36 heavy (non-hydrogen) atoms. The molecule has 1 aliphatic heterocycles. The lowest BCUT2D eigenvalue weighted by Gasteiger charge is -2.34. The van der Waals surface area contributed by atoms with Crippen molar-refractivity contribution >= 4 is 40.4 Å². The number of fused-ring (bicyclic) bond motifs is 3. The smallest absolute Gasteiger partial charge is 0.414 e. The molecule has 0 spiro atoms. The fourth-order valence-corrected chi connectivity index (χ4v) is 6.06. The molecule has 1 N–H and O–H groups in total. The Hall–Kier alpha value is -3.07. The van der Waals surface area contributed by atoms with E-state index in [0.29, 0.717) is 24.4 Å². The van der Waals surface area contributed by atoms with Gasteiger partial charge in [-0.15, -0.1) is 0 Å². The zero-order valence-corrected chi connectivity index (χ0v) is 21.6. The number of imidazole rings is 1. The van der Waals surface area contributed by atoms with Crippen molar-refractivity contribution < 1.29 is 19.4 Å². The molecule has 9 nitrogen and oxygen atoms in total. The van der Waals surface area contributed by atoms with Crippen molar-refractivity contribution in [2.24, 2.45) is 5.92 Å². The van der Waals surface area contributed by atoms with Gasteiger partial charge in [-0.05, 0) is 57.6 Å². The lowest BCUT2D eigenvalue weighted by Crippen LogP contribution is -2.42. The Balaban J connectivity index is 1.60. The largest absolute Gasteiger partial charge is 0.481 e. The predicted octanol–water partition coefficient (Wildman–Crippen LogP) is 5.41. The third kappa shape index (κ3) is 4.34. The number of rotatable bonds is 5. The summed E-state index contributed by atoms with van der Waals surface area (Å²) >= 11 is 6.09. The lowest BCUT2D eigenvalue weighted by atomic mass is 9.85. The van der Waals surface area contributed by atoms with E-state index in [1.807, 2.05) is 17.7 Å². The van der Waals surface area contributed by atoms with E-state index in [2.05, 4.69) is 22.7 Å². The van der Waals surface area contributed by atoms with Gasteiger partial charge < -0.3 is 14.4 Å². The van der Waals surface area contributed by atoms with Crippen molar-refractivity contribution in [3.63, 3.8) is 0 Å². The molecule has 0 bridgehead atoms. The number of aromatic nitrogens is 4. The highest BCUT2D eigenvalue weighted by Crippen LogP contribution is 2.41. The minimum Gasteiger partial charge on any atom is -0.481 e. The molecule has 2 aliphatic rings. The van der Waals surface area contributed by atoms with Gasteiger partial charge in [0.2, 0.25) is 0 Å². The first-order chi connectivity index (χ1) is 17.3. The van der Waals surface area contributed by atoms with E-state index in [1.165, 1.54) is 7.11 Å². The normalized spacial score (nSPS) is 22.9. The molecule has 1 fully saturated rings. The molecular weight excluding hydrogens is 482 g/mol. The van der Waals surface area contributed by atoms with Gasteiger partial charge in [0.25, 0.3) is 0 Å². The first kappa shape index (κ1) is 24.6. The van der Waals surface area contributed by atoms with Crippen LogP contribution >= 0.6 is 11.6 Å². The molecule has 3 aromatic rings. The van der Waals surface area contributed by atoms with E-state index in [9.17, 15) is 14.7 Å². The molecule has 2 atom stereocenters. The van der Waals surface area contributed by atoms with Gasteiger partial charge in [0.1, 0.15) is 5.82 Å². The molecule has 1 amide bonds. The van der Waals surface area contributed by atoms with E-state index in [1.54, 1.807) is 17.3 Å². The van der Waals surface area contributed by atoms with Crippen LogP contribution in [-0.4, -0.2) is 49.7 Å². The van der Waals surface area contributed by atoms with Gasteiger partial charge in [0.05, 0.1) is 47.5 Å². The number of hydrogen-bond acceptors (Lipinski definition) is 5. The number of carboxylic acid groups (broad SMARTS) is 1. The van der Waals surface area contributed by atoms with E-state index in [4.69, 9.17) is 21.3 Å². The number of carbonyl (C=O) groups is 2. The number of anilines is 1. The van der Waals surface area contributed by atoms with Crippen LogP contribution in [0.5, 0.6) is 0 Å². The molecule has 3 heterocycles. The molecular formula is C26H32ClN5O4. The van der Waals surface area contributed by atoms with Gasteiger partial charge >= 0.3 is 12.1 Å². The summed E-state index contributed by atoms with van der Waals surface area (Å²) in [6.07, 6.45) is 7.61. The zero-order valence-electron chi connectivity index (χ0n) is 20.9. The van der Waals surface area contributed by atoms with Gasteiger partial charge in [0, 0.05) is 29.8 Å². The van der Waals surface area contributed by atoms with Crippen molar-refractivity contribution in [2.75, 3.05) is 12.0 Å². The quantitative estimate of drug-likeness (QED) is 0.489. The number of aryl methyl sites for hydroxylation is 1. The minimum absolute atomic E-state index is 0.0405. The van der Waals surface area contributed by atoms with Crippen LogP contribution in [-0.2, 0) is 22.5 Å². The maximum absolute atomic E-state index is 12.6. The number of hydrogen-bond donors (Lipinski definition) is 1. The van der Waals surface area contributed by atoms with Crippen LogP contribution in [0.15, 0.2) is 24.5 Å². The Kier molecular flexibility index (Phi) is 6.68. The molecule has 1 aliphatic carbocycles. The Labute approximate surface area is 215 Å². The number of nitrogens with zero attached hydrogens (tertiary/aromatic N) is 5. The number of benzene rings is 1. The SMILES string of the molecule is COC(=O)N1c2ccc3c(nc([C@H](C)Cn4cc(Cl)cn4)n3[C@H]3CC[C@H](C(=O)O)CC3)c2CC[C@@H]1C. The van der Waals surface area contributed by atoms with Crippen LogP contribution in [0.4, 0.5) is 10.5 Å². The van der Waals surface area contributed by atoms with Crippen molar-refractivity contribution in [3.8, 4) is 0 Å². The monoisotopic (exact) mass is 513 g/mol. The topological polar surface area (TPSA) is 102 Å². The number of ether oxygens (including phenoxy) is 1. The fraction of sp³-hybridized carbons (Fsp3) is 0.538. The molecule has 2 aromatic heterocycles. The maximum atomic E-state index is 12.6. The van der Waals surface area contributed by atoms with E-state index in [0.717, 1.165) is 53.8 Å². The minimum atomic E-state index is -0.709. The van der Waals surface area contributed by atoms with Crippen molar-refractivity contribution in [2.45, 2.75) is 76.9 Å². The van der Waals surface area contributed by atoms with Crippen molar-refractivity contribution in [1.29, 1.82) is 0 Å². The Morgan fingerprint density at radius 2 is 1.97 bits per heavy atom. The zero-order chi connectivity index (χ0) is 25.6. The Bertz CT molecular complexity index is 1290. The van der Waals surface area contributed by atoms with E-state index < -0.39 is 5.97 Å². The number of carbonyl (C=O) groups excluding carboxylic acids is 1. The molecule has 192 valence electrons. The molecule has 5 rings (SSSR count). The Morgan fingerprint density at radius 1 is 1.22 bits per heavy atom. The van der Waals surface area contributed by atoms with Crippen molar-refractivity contribution in [3.05, 3.63) is 40.9 Å². The van der Waals surface area contributed by atoms with Crippen LogP contribution in [0.1, 0.15) is 69.3 Å². The predicted molar refractivity (Wildman–Crippen MR) is 137 cm³/mol. The van der Waals surface area contributed by atoms with Crippen LogP contribution in [0.2, 0.25) is 5.02 Å². The molecule has 10 heteroatoms. The summed E-state index contributed by atoms with van der Waals surface area (Å²) in [4.78, 5) is 31.1. The van der Waals surface area contributed by atoms with Crippen molar-refractivity contribution in [1.82, 2.24) is 19.3 Å². The number of methoxy groups -OCH3 is 1. The lowest BCUT2D eigenvalue weighted by molar-refractivity contribution is -0.143. The average Bonchev–Trinajstić information content (AvgIpc) is 3.46. The summed E-state index contributed by atoms with van der Waals surface area (Å²) < 4.78 is 9.23. The second kappa shape index (κ2) is 9.76. The van der Waals surface area contributed by atoms with E-state index >= 15 is 0 Å². The maximum Gasteiger partial charge on any atom is 0.414 e. The molecule has 1 saturated carbocycles. The Morgan fingerprint density at radius 3 is 2.61 bits per heavy atom. The standard InChI is InChI=1S/C26H32ClN5O4/c1-15(13-30-14-18(27)12-28-30)24-29-23-20-9-4-16(2)31(26(35)36-3)21(20)10-11-22(23)32(24)19-7-5-17(6-8-19)25(33)34/h10-12,14-17,19H,4-9,13H2,1-3H3,(H,33,34)/t15-,16+,17-,19-/m1/s1. The highest BCUT2D eigenvalue weighted by atomic mass is 35.5. The summed E-state index contributed by atoms with van der Waals surface area (Å²) in [5, 5.41) is 14.4. The van der Waals surface area contributed by atoms with Gasteiger partial charge in [0.15, 0.2) is 0 Å². The van der Waals surface area contributed by atoms with E-state index in [-0.39, 0.29) is 30.0 Å². The van der Waals surface area contributed by atoms with Crippen LogP contribution < -0.4 is 4.90 Å². The summed E-state index contributed by atoms with van der Waals surface area (Å²) in [7, 11) is 1.41. The highest BCUT2D eigenvalue weighted by molar-refractivity contribution is 6.30. The third-order valence-electron chi connectivity index (χ3n) is 7.77. The highest BCUT2D eigenvalue weighted by Gasteiger charge is 2.34. The first-order valence-corrected chi connectivity index (χ1v) is 13.0. The van der Waals surface area contributed by atoms with Gasteiger partial charge in [-0.3, -0.25) is 14.4 Å². The van der Waals surface area contributed by atoms with Gasteiger partial charge in [-0.25, -0.2) is 9.78 Å². The van der Waals surface area contributed by atoms with Gasteiger partial charge in [-0.2, -0.15) is 5.10 Å². The summed E-state index contributed by atoms with van der Waals surface area (Å²) in [6, 6.07) is 4.27. The average molecular weight is 514 g/mol.